The van der Waals surface area contributed by atoms with Crippen LogP contribution in [0.1, 0.15) is 24.1 Å². The van der Waals surface area contributed by atoms with Gasteiger partial charge in [0.1, 0.15) is 0 Å². The number of benzene rings is 3. The van der Waals surface area contributed by atoms with Gasteiger partial charge in [-0.3, -0.25) is 9.69 Å². The molecule has 0 radical (unpaired) electrons. The predicted octanol–water partition coefficient (Wildman–Crippen LogP) is 5.41. The van der Waals surface area contributed by atoms with E-state index in [1.807, 2.05) is 97.9 Å². The molecule has 0 saturated carbocycles. The molecule has 3 atom stereocenters. The number of rotatable bonds is 6. The molecule has 4 rings (SSSR count). The number of nitrogens with zero attached hydrogens (tertiary/aromatic N) is 2. The maximum Gasteiger partial charge on any atom is 0.327 e. The molecular weight excluding hydrogens is 404 g/mol. The van der Waals surface area contributed by atoms with Crippen molar-refractivity contribution in [2.24, 2.45) is 0 Å². The van der Waals surface area contributed by atoms with Gasteiger partial charge in [-0.25, -0.2) is 4.79 Å². The molecule has 0 bridgehead atoms. The fraction of sp³-hybridized carbons (Fsp3) is 0.231. The topological polar surface area (TPSA) is 40.6 Å². The van der Waals surface area contributed by atoms with E-state index in [-0.39, 0.29) is 24.0 Å². The monoisotopic (exact) mass is 430 g/mol. The molecule has 3 aromatic carbocycles. The Morgan fingerprint density at radius 2 is 1.45 bits per heavy atom. The van der Waals surface area contributed by atoms with Crippen LogP contribution < -0.4 is 0 Å². The number of hydrogen-bond acceptors (Lipinski definition) is 3. The first-order valence-corrected chi connectivity index (χ1v) is 11.3. The van der Waals surface area contributed by atoms with Crippen LogP contribution in [0, 0.1) is 0 Å². The number of hydrogen-bond donors (Lipinski definition) is 0. The van der Waals surface area contributed by atoms with E-state index in [0.29, 0.717) is 6.42 Å². The highest BCUT2D eigenvalue weighted by atomic mass is 32.2. The van der Waals surface area contributed by atoms with Crippen LogP contribution in [0.4, 0.5) is 4.79 Å². The second-order valence-electron chi connectivity index (χ2n) is 7.81. The van der Waals surface area contributed by atoms with E-state index in [9.17, 15) is 9.59 Å². The molecule has 0 aliphatic carbocycles. The first kappa shape index (κ1) is 21.2. The van der Waals surface area contributed by atoms with Crippen LogP contribution in [0.3, 0.4) is 0 Å². The number of imide groups is 1. The van der Waals surface area contributed by atoms with Crippen molar-refractivity contribution in [3.05, 3.63) is 102 Å². The first-order chi connectivity index (χ1) is 15.1. The molecule has 0 aromatic heterocycles. The van der Waals surface area contributed by atoms with Crippen LogP contribution in [-0.2, 0) is 11.2 Å². The zero-order chi connectivity index (χ0) is 21.8. The van der Waals surface area contributed by atoms with Crippen LogP contribution in [0.5, 0.6) is 0 Å². The third-order valence-corrected chi connectivity index (χ3v) is 6.99. The SMILES string of the molecule is C[C@H]1[C@@H](c2ccccc2)N(C(=O)[C@H](Cc2ccccc2)Sc2ccccc2)C(=O)N1C. The molecule has 4 nitrogen and oxygen atoms in total. The van der Waals surface area contributed by atoms with E-state index >= 15 is 0 Å². The minimum atomic E-state index is -0.404. The Bertz CT molecular complexity index is 986. The van der Waals surface area contributed by atoms with Crippen molar-refractivity contribution in [1.82, 2.24) is 9.80 Å². The van der Waals surface area contributed by atoms with E-state index in [2.05, 4.69) is 0 Å². The summed E-state index contributed by atoms with van der Waals surface area (Å²) in [6.45, 7) is 2.00. The van der Waals surface area contributed by atoms with E-state index in [1.54, 1.807) is 11.9 Å². The van der Waals surface area contributed by atoms with Gasteiger partial charge in [-0.1, -0.05) is 78.9 Å². The number of carbonyl (C=O) groups excluding carboxylic acids is 2. The van der Waals surface area contributed by atoms with Crippen LogP contribution in [0.15, 0.2) is 95.9 Å². The van der Waals surface area contributed by atoms with Gasteiger partial charge in [-0.15, -0.1) is 11.8 Å². The summed E-state index contributed by atoms with van der Waals surface area (Å²) in [7, 11) is 1.77. The summed E-state index contributed by atoms with van der Waals surface area (Å²) in [5.41, 5.74) is 2.05. The average molecular weight is 431 g/mol. The normalized spacial score (nSPS) is 19.5. The summed E-state index contributed by atoms with van der Waals surface area (Å²) in [5, 5.41) is -0.404. The van der Waals surface area contributed by atoms with Crippen molar-refractivity contribution in [2.45, 2.75) is 35.6 Å². The Balaban J connectivity index is 1.69. The lowest BCUT2D eigenvalue weighted by atomic mass is 9.99. The quantitative estimate of drug-likeness (QED) is 0.491. The first-order valence-electron chi connectivity index (χ1n) is 10.5. The fourth-order valence-corrected chi connectivity index (χ4v) is 5.16. The molecule has 0 N–H and O–H groups in total. The number of thioether (sulfide) groups is 1. The Morgan fingerprint density at radius 1 is 0.903 bits per heavy atom. The van der Waals surface area contributed by atoms with E-state index in [4.69, 9.17) is 0 Å². The molecule has 1 aliphatic heterocycles. The summed E-state index contributed by atoms with van der Waals surface area (Å²) in [6, 6.07) is 29.1. The molecule has 3 aromatic rings. The summed E-state index contributed by atoms with van der Waals surface area (Å²) in [4.78, 5) is 31.2. The Hall–Kier alpha value is -3.05. The third-order valence-electron chi connectivity index (χ3n) is 5.79. The molecule has 1 heterocycles. The second kappa shape index (κ2) is 9.40. The lowest BCUT2D eigenvalue weighted by molar-refractivity contribution is -0.128. The number of amides is 3. The number of urea groups is 1. The van der Waals surface area contributed by atoms with Crippen LogP contribution >= 0.6 is 11.8 Å². The van der Waals surface area contributed by atoms with Crippen molar-refractivity contribution in [2.75, 3.05) is 7.05 Å². The Kier molecular flexibility index (Phi) is 6.42. The summed E-state index contributed by atoms with van der Waals surface area (Å²) in [6.07, 6.45) is 0.558. The molecule has 0 unspecified atom stereocenters. The average Bonchev–Trinajstić information content (AvgIpc) is 3.04. The fourth-order valence-electron chi connectivity index (χ4n) is 4.03. The van der Waals surface area contributed by atoms with Gasteiger partial charge in [-0.2, -0.15) is 0 Å². The highest BCUT2D eigenvalue weighted by Crippen LogP contribution is 2.37. The molecule has 3 amide bonds. The van der Waals surface area contributed by atoms with Gasteiger partial charge in [0.15, 0.2) is 0 Å². The molecule has 31 heavy (non-hydrogen) atoms. The van der Waals surface area contributed by atoms with Crippen LogP contribution in [0.25, 0.3) is 0 Å². The minimum absolute atomic E-state index is 0.0991. The molecule has 5 heteroatoms. The zero-order valence-corrected chi connectivity index (χ0v) is 18.5. The highest BCUT2D eigenvalue weighted by Gasteiger charge is 2.47. The van der Waals surface area contributed by atoms with Gasteiger partial charge in [0, 0.05) is 11.9 Å². The lowest BCUT2D eigenvalue weighted by Gasteiger charge is -2.27. The molecule has 158 valence electrons. The lowest BCUT2D eigenvalue weighted by Crippen LogP contribution is -2.42. The third kappa shape index (κ3) is 4.52. The van der Waals surface area contributed by atoms with E-state index in [0.717, 1.165) is 16.0 Å². The summed E-state index contributed by atoms with van der Waals surface area (Å²) >= 11 is 1.52. The van der Waals surface area contributed by atoms with Crippen molar-refractivity contribution in [3.63, 3.8) is 0 Å². The Morgan fingerprint density at radius 3 is 2.06 bits per heavy atom. The van der Waals surface area contributed by atoms with Crippen molar-refractivity contribution in [1.29, 1.82) is 0 Å². The molecule has 1 saturated heterocycles. The zero-order valence-electron chi connectivity index (χ0n) is 17.7. The standard InChI is InChI=1S/C26H26N2O2S/c1-19-24(21-14-8-4-9-15-21)28(26(30)27(19)2)25(29)23(18-20-12-6-3-7-13-20)31-22-16-10-5-11-17-22/h3-17,19,23-24H,18H2,1-2H3/t19-,23-,24-/m0/s1. The number of likely N-dealkylation sites (N-methyl/N-ethyl adjacent to an activating group) is 1. The molecule has 1 fully saturated rings. The van der Waals surface area contributed by atoms with E-state index < -0.39 is 5.25 Å². The maximum atomic E-state index is 13.9. The van der Waals surface area contributed by atoms with Gasteiger partial charge >= 0.3 is 6.03 Å². The second-order valence-corrected chi connectivity index (χ2v) is 9.08. The summed E-state index contributed by atoms with van der Waals surface area (Å²) < 4.78 is 0. The van der Waals surface area contributed by atoms with Gasteiger partial charge in [0.25, 0.3) is 0 Å². The van der Waals surface area contributed by atoms with Crippen molar-refractivity contribution < 1.29 is 9.59 Å². The van der Waals surface area contributed by atoms with Crippen molar-refractivity contribution >= 4 is 23.7 Å². The molecule has 1 aliphatic rings. The maximum absolute atomic E-state index is 13.9. The van der Waals surface area contributed by atoms with Crippen LogP contribution in [-0.4, -0.2) is 40.1 Å². The van der Waals surface area contributed by atoms with E-state index in [1.165, 1.54) is 16.7 Å². The predicted molar refractivity (Wildman–Crippen MR) is 125 cm³/mol. The largest absolute Gasteiger partial charge is 0.327 e. The molecule has 0 spiro atoms. The highest BCUT2D eigenvalue weighted by molar-refractivity contribution is 8.00. The van der Waals surface area contributed by atoms with Gasteiger partial charge in [0.2, 0.25) is 5.91 Å². The number of carbonyl (C=O) groups is 2. The van der Waals surface area contributed by atoms with Crippen molar-refractivity contribution in [3.8, 4) is 0 Å². The Labute approximate surface area is 187 Å². The smallest absolute Gasteiger partial charge is 0.322 e. The van der Waals surface area contributed by atoms with Crippen LogP contribution in [0.2, 0.25) is 0 Å². The minimum Gasteiger partial charge on any atom is -0.322 e. The van der Waals surface area contributed by atoms with Gasteiger partial charge < -0.3 is 4.90 Å². The van der Waals surface area contributed by atoms with Gasteiger partial charge in [-0.05, 0) is 36.6 Å². The van der Waals surface area contributed by atoms with Gasteiger partial charge in [0.05, 0.1) is 17.3 Å². The molecular formula is C26H26N2O2S. The summed E-state index contributed by atoms with van der Waals surface area (Å²) in [5.74, 6) is -0.146.